The fourth-order valence-corrected chi connectivity index (χ4v) is 2.73. The highest BCUT2D eigenvalue weighted by atomic mass is 16.5. The van der Waals surface area contributed by atoms with Gasteiger partial charge in [-0.05, 0) is 18.2 Å². The van der Waals surface area contributed by atoms with Crippen LogP contribution in [0.15, 0.2) is 28.8 Å². The minimum absolute atomic E-state index is 0.119. The first-order valence-corrected chi connectivity index (χ1v) is 8.15. The largest absolute Gasteiger partial charge is 0.485 e. The van der Waals surface area contributed by atoms with Gasteiger partial charge in [0.2, 0.25) is 11.7 Å². The highest BCUT2D eigenvalue weighted by molar-refractivity contribution is 5.95. The monoisotopic (exact) mass is 361 g/mol. The molecule has 26 heavy (non-hydrogen) atoms. The van der Waals surface area contributed by atoms with Gasteiger partial charge in [0.15, 0.2) is 6.61 Å². The molecule has 1 aliphatic heterocycles. The molecule has 2 aromatic rings. The molecule has 1 N–H and O–H groups in total. The summed E-state index contributed by atoms with van der Waals surface area (Å²) in [6.07, 6.45) is -0.154. The van der Waals surface area contributed by atoms with E-state index in [1.165, 1.54) is 0 Å². The summed E-state index contributed by atoms with van der Waals surface area (Å²) in [5.41, 5.74) is 0.420. The second kappa shape index (κ2) is 7.96. The van der Waals surface area contributed by atoms with Gasteiger partial charge < -0.3 is 24.0 Å². The molecule has 138 valence electrons. The van der Waals surface area contributed by atoms with Crippen molar-refractivity contribution in [2.45, 2.75) is 26.0 Å². The Morgan fingerprint density at radius 1 is 1.42 bits per heavy atom. The van der Waals surface area contributed by atoms with E-state index in [4.69, 9.17) is 19.1 Å². The van der Waals surface area contributed by atoms with Crippen molar-refractivity contribution in [1.82, 2.24) is 15.0 Å². The zero-order chi connectivity index (χ0) is 18.5. The number of aromatic nitrogens is 2. The van der Waals surface area contributed by atoms with Crippen molar-refractivity contribution in [2.24, 2.45) is 0 Å². The molecule has 1 aromatic carbocycles. The van der Waals surface area contributed by atoms with Gasteiger partial charge in [0.25, 0.3) is 5.91 Å². The summed E-state index contributed by atoms with van der Waals surface area (Å²) in [5.74, 6) is 0.130. The SMILES string of the molecule is Cc1nc(COc2cccc(C(=O)N3CCOCC3CC(=O)O)c2)no1. The van der Waals surface area contributed by atoms with Gasteiger partial charge in [0.1, 0.15) is 5.75 Å². The number of carbonyl (C=O) groups is 2. The van der Waals surface area contributed by atoms with Crippen molar-refractivity contribution in [2.75, 3.05) is 19.8 Å². The minimum Gasteiger partial charge on any atom is -0.485 e. The van der Waals surface area contributed by atoms with E-state index in [-0.39, 0.29) is 25.5 Å². The molecule has 1 saturated heterocycles. The Hall–Kier alpha value is -2.94. The van der Waals surface area contributed by atoms with Gasteiger partial charge >= 0.3 is 5.97 Å². The van der Waals surface area contributed by atoms with Gasteiger partial charge in [-0.2, -0.15) is 4.98 Å². The number of hydrogen-bond donors (Lipinski definition) is 1. The quantitative estimate of drug-likeness (QED) is 0.818. The molecule has 2 heterocycles. The van der Waals surface area contributed by atoms with Crippen LogP contribution in [0.1, 0.15) is 28.5 Å². The number of carboxylic acid groups (broad SMARTS) is 1. The molecule has 1 atom stereocenters. The van der Waals surface area contributed by atoms with Crippen molar-refractivity contribution in [3.8, 4) is 5.75 Å². The molecule has 0 aliphatic carbocycles. The second-order valence-corrected chi connectivity index (χ2v) is 5.87. The lowest BCUT2D eigenvalue weighted by Crippen LogP contribution is -2.49. The predicted molar refractivity (Wildman–Crippen MR) is 87.7 cm³/mol. The van der Waals surface area contributed by atoms with E-state index >= 15 is 0 Å². The summed E-state index contributed by atoms with van der Waals surface area (Å²) in [7, 11) is 0. The number of aliphatic carboxylic acids is 1. The molecule has 1 aliphatic rings. The molecule has 3 rings (SSSR count). The first-order chi connectivity index (χ1) is 12.5. The Labute approximate surface area is 149 Å². The van der Waals surface area contributed by atoms with Crippen LogP contribution in [0.5, 0.6) is 5.75 Å². The molecule has 1 aromatic heterocycles. The summed E-state index contributed by atoms with van der Waals surface area (Å²) in [6.45, 7) is 2.75. The number of carbonyl (C=O) groups excluding carboxylic acids is 1. The standard InChI is InChI=1S/C17H19N3O6/c1-11-18-15(19-26-11)10-25-14-4-2-3-12(7-14)17(23)20-5-6-24-9-13(20)8-16(21)22/h2-4,7,13H,5-6,8-10H2,1H3,(H,21,22). The van der Waals surface area contributed by atoms with E-state index in [0.29, 0.717) is 36.2 Å². The first-order valence-electron chi connectivity index (χ1n) is 8.15. The van der Waals surface area contributed by atoms with Crippen LogP contribution in [0.3, 0.4) is 0 Å². The molecule has 9 nitrogen and oxygen atoms in total. The van der Waals surface area contributed by atoms with Gasteiger partial charge in [-0.1, -0.05) is 11.2 Å². The maximum absolute atomic E-state index is 12.8. The molecule has 0 saturated carbocycles. The smallest absolute Gasteiger partial charge is 0.305 e. The topological polar surface area (TPSA) is 115 Å². The third kappa shape index (κ3) is 4.37. The predicted octanol–water partition coefficient (Wildman–Crippen LogP) is 1.27. The molecule has 1 amide bonds. The van der Waals surface area contributed by atoms with Crippen molar-refractivity contribution < 1.29 is 28.7 Å². The average molecular weight is 361 g/mol. The lowest BCUT2D eigenvalue weighted by atomic mass is 10.1. The van der Waals surface area contributed by atoms with E-state index < -0.39 is 12.0 Å². The van der Waals surface area contributed by atoms with E-state index in [0.717, 1.165) is 0 Å². The Morgan fingerprint density at radius 3 is 3.00 bits per heavy atom. The van der Waals surface area contributed by atoms with E-state index in [2.05, 4.69) is 10.1 Å². The van der Waals surface area contributed by atoms with Gasteiger partial charge in [-0.3, -0.25) is 9.59 Å². The van der Waals surface area contributed by atoms with Crippen LogP contribution in [-0.4, -0.2) is 57.8 Å². The zero-order valence-electron chi connectivity index (χ0n) is 14.3. The van der Waals surface area contributed by atoms with Crippen molar-refractivity contribution in [1.29, 1.82) is 0 Å². The fourth-order valence-electron chi connectivity index (χ4n) is 2.73. The van der Waals surface area contributed by atoms with Crippen LogP contribution in [0.4, 0.5) is 0 Å². The lowest BCUT2D eigenvalue weighted by Gasteiger charge is -2.34. The van der Waals surface area contributed by atoms with Crippen molar-refractivity contribution in [3.63, 3.8) is 0 Å². The average Bonchev–Trinajstić information content (AvgIpc) is 3.05. The summed E-state index contributed by atoms with van der Waals surface area (Å²) in [4.78, 5) is 29.4. The van der Waals surface area contributed by atoms with Crippen LogP contribution >= 0.6 is 0 Å². The van der Waals surface area contributed by atoms with E-state index in [1.807, 2.05) is 0 Å². The third-order valence-electron chi connectivity index (χ3n) is 3.92. The minimum atomic E-state index is -0.967. The van der Waals surface area contributed by atoms with Crippen LogP contribution in [-0.2, 0) is 16.1 Å². The number of carboxylic acids is 1. The summed E-state index contributed by atoms with van der Waals surface area (Å²) >= 11 is 0. The lowest BCUT2D eigenvalue weighted by molar-refractivity contribution is -0.139. The van der Waals surface area contributed by atoms with Crippen LogP contribution in [0.25, 0.3) is 0 Å². The first kappa shape index (κ1) is 17.9. The normalized spacial score (nSPS) is 17.1. The Morgan fingerprint density at radius 2 is 2.27 bits per heavy atom. The molecule has 1 unspecified atom stereocenters. The highest BCUT2D eigenvalue weighted by Gasteiger charge is 2.29. The molecule has 0 spiro atoms. The van der Waals surface area contributed by atoms with E-state index in [9.17, 15) is 9.59 Å². The number of aryl methyl sites for hydroxylation is 1. The molecule has 1 fully saturated rings. The maximum atomic E-state index is 12.8. The van der Waals surface area contributed by atoms with Gasteiger partial charge in [-0.25, -0.2) is 0 Å². The summed E-state index contributed by atoms with van der Waals surface area (Å²) in [6, 6.07) is 6.22. The molecule has 0 bridgehead atoms. The van der Waals surface area contributed by atoms with Gasteiger partial charge in [0.05, 0.1) is 25.7 Å². The Bertz CT molecular complexity index is 790. The maximum Gasteiger partial charge on any atom is 0.305 e. The molecular formula is C17H19N3O6. The fraction of sp³-hybridized carbons (Fsp3) is 0.412. The van der Waals surface area contributed by atoms with E-state index in [1.54, 1.807) is 36.1 Å². The number of ether oxygens (including phenoxy) is 2. The number of benzene rings is 1. The number of amides is 1. The molecule has 9 heteroatoms. The Kier molecular flexibility index (Phi) is 5.47. The zero-order valence-corrected chi connectivity index (χ0v) is 14.3. The number of hydrogen-bond acceptors (Lipinski definition) is 7. The number of nitrogens with zero attached hydrogens (tertiary/aromatic N) is 3. The number of morpholine rings is 1. The second-order valence-electron chi connectivity index (χ2n) is 5.87. The molecular weight excluding hydrogens is 342 g/mol. The van der Waals surface area contributed by atoms with Gasteiger partial charge in [0, 0.05) is 19.0 Å². The van der Waals surface area contributed by atoms with Crippen LogP contribution in [0, 0.1) is 6.92 Å². The van der Waals surface area contributed by atoms with Crippen LogP contribution in [0.2, 0.25) is 0 Å². The molecule has 0 radical (unpaired) electrons. The number of rotatable bonds is 6. The van der Waals surface area contributed by atoms with Gasteiger partial charge in [-0.15, -0.1) is 0 Å². The highest BCUT2D eigenvalue weighted by Crippen LogP contribution is 2.19. The van der Waals surface area contributed by atoms with Crippen molar-refractivity contribution >= 4 is 11.9 Å². The van der Waals surface area contributed by atoms with Crippen molar-refractivity contribution in [3.05, 3.63) is 41.5 Å². The third-order valence-corrected chi connectivity index (χ3v) is 3.92. The Balaban J connectivity index is 1.69. The van der Waals surface area contributed by atoms with Crippen LogP contribution < -0.4 is 4.74 Å². The summed E-state index contributed by atoms with van der Waals surface area (Å²) in [5, 5.41) is 12.8. The summed E-state index contributed by atoms with van der Waals surface area (Å²) < 4.78 is 15.8.